The van der Waals surface area contributed by atoms with Gasteiger partial charge in [-0.15, -0.1) is 0 Å². The number of nitrogens with one attached hydrogen (secondary N) is 2. The van der Waals surface area contributed by atoms with Gasteiger partial charge in [0.15, 0.2) is 0 Å². The maximum Gasteiger partial charge on any atom is 0.335 e. The Morgan fingerprint density at radius 3 is 2.16 bits per heavy atom. The van der Waals surface area contributed by atoms with Gasteiger partial charge in [0.05, 0.1) is 0 Å². The first kappa shape index (κ1) is 14.4. The second-order valence-electron chi connectivity index (χ2n) is 6.01. The molecule has 2 fully saturated rings. The predicted octanol–water partition coefficient (Wildman–Crippen LogP) is 3.57. The van der Waals surface area contributed by atoms with Crippen LogP contribution in [0.15, 0.2) is 5.10 Å². The van der Waals surface area contributed by atoms with E-state index in [1.54, 1.807) is 0 Å². The first-order valence-corrected chi connectivity index (χ1v) is 7.86. The lowest BCUT2D eigenvalue weighted by molar-refractivity contribution is 0.233. The van der Waals surface area contributed by atoms with Gasteiger partial charge in [-0.05, 0) is 38.5 Å². The van der Waals surface area contributed by atoms with Crippen LogP contribution in [-0.4, -0.2) is 17.8 Å². The molecule has 0 aliphatic heterocycles. The van der Waals surface area contributed by atoms with Crippen molar-refractivity contribution in [3.05, 3.63) is 0 Å². The highest BCUT2D eigenvalue weighted by Gasteiger charge is 2.17. The quantitative estimate of drug-likeness (QED) is 0.595. The fraction of sp³-hybridized carbons (Fsp3) is 0.867. The molecule has 0 aromatic heterocycles. The topological polar surface area (TPSA) is 53.5 Å². The average Bonchev–Trinajstić information content (AvgIpc) is 2.47. The summed E-state index contributed by atoms with van der Waals surface area (Å²) in [4.78, 5) is 11.8. The SMILES string of the molecule is CC(=NNC(=O)NC1CCCCC1)C1CCCCC1. The smallest absolute Gasteiger partial charge is 0.334 e. The highest BCUT2D eigenvalue weighted by Crippen LogP contribution is 2.24. The van der Waals surface area contributed by atoms with Crippen molar-refractivity contribution in [1.29, 1.82) is 0 Å². The zero-order valence-electron chi connectivity index (χ0n) is 12.1. The molecule has 4 nitrogen and oxygen atoms in total. The van der Waals surface area contributed by atoms with E-state index < -0.39 is 0 Å². The maximum absolute atomic E-state index is 11.8. The molecule has 2 saturated carbocycles. The lowest BCUT2D eigenvalue weighted by Gasteiger charge is -2.23. The van der Waals surface area contributed by atoms with Crippen molar-refractivity contribution in [3.8, 4) is 0 Å². The summed E-state index contributed by atoms with van der Waals surface area (Å²) in [5, 5.41) is 7.29. The van der Waals surface area contributed by atoms with Gasteiger partial charge >= 0.3 is 6.03 Å². The third-order valence-corrected chi connectivity index (χ3v) is 4.47. The number of hydrogen-bond acceptors (Lipinski definition) is 2. The van der Waals surface area contributed by atoms with Crippen molar-refractivity contribution in [2.75, 3.05) is 0 Å². The summed E-state index contributed by atoms with van der Waals surface area (Å²) in [6.07, 6.45) is 12.4. The minimum absolute atomic E-state index is 0.137. The number of carbonyl (C=O) groups is 1. The van der Waals surface area contributed by atoms with Crippen molar-refractivity contribution in [3.63, 3.8) is 0 Å². The molecule has 108 valence electrons. The van der Waals surface area contributed by atoms with Crippen LogP contribution in [0.4, 0.5) is 4.79 Å². The molecule has 19 heavy (non-hydrogen) atoms. The van der Waals surface area contributed by atoms with E-state index in [2.05, 4.69) is 15.8 Å². The summed E-state index contributed by atoms with van der Waals surface area (Å²) >= 11 is 0. The minimum atomic E-state index is -0.137. The molecule has 0 unspecified atom stereocenters. The Balaban J connectivity index is 1.71. The standard InChI is InChI=1S/C15H27N3O/c1-12(13-8-4-2-5-9-13)17-18-15(19)16-14-10-6-3-7-11-14/h13-14H,2-11H2,1H3,(H2,16,18,19). The number of carbonyl (C=O) groups excluding carboxylic acids is 1. The molecule has 0 atom stereocenters. The summed E-state index contributed by atoms with van der Waals surface area (Å²) in [5.74, 6) is 0.573. The maximum atomic E-state index is 11.8. The van der Waals surface area contributed by atoms with Gasteiger partial charge in [0.2, 0.25) is 0 Å². The van der Waals surface area contributed by atoms with E-state index in [0.717, 1.165) is 18.6 Å². The zero-order valence-corrected chi connectivity index (χ0v) is 12.1. The number of urea groups is 1. The van der Waals surface area contributed by atoms with Crippen molar-refractivity contribution >= 4 is 11.7 Å². The first-order chi connectivity index (χ1) is 9.25. The molecule has 0 spiro atoms. The van der Waals surface area contributed by atoms with Crippen LogP contribution >= 0.6 is 0 Å². The molecule has 0 radical (unpaired) electrons. The highest BCUT2D eigenvalue weighted by atomic mass is 16.2. The van der Waals surface area contributed by atoms with E-state index in [4.69, 9.17) is 0 Å². The van der Waals surface area contributed by atoms with Crippen LogP contribution < -0.4 is 10.7 Å². The van der Waals surface area contributed by atoms with Crippen molar-refractivity contribution in [2.45, 2.75) is 77.2 Å². The second kappa shape index (κ2) is 7.51. The zero-order chi connectivity index (χ0) is 13.5. The molecule has 2 rings (SSSR count). The van der Waals surface area contributed by atoms with E-state index in [1.165, 1.54) is 51.4 Å². The first-order valence-electron chi connectivity index (χ1n) is 7.86. The molecule has 0 heterocycles. The fourth-order valence-electron chi connectivity index (χ4n) is 3.22. The van der Waals surface area contributed by atoms with Crippen LogP contribution in [0.5, 0.6) is 0 Å². The Hall–Kier alpha value is -1.06. The average molecular weight is 265 g/mol. The molecule has 2 N–H and O–H groups in total. The molecule has 2 aliphatic carbocycles. The highest BCUT2D eigenvalue weighted by molar-refractivity contribution is 5.86. The molecule has 2 aliphatic rings. The number of nitrogens with zero attached hydrogens (tertiary/aromatic N) is 1. The molecular weight excluding hydrogens is 238 g/mol. The van der Waals surface area contributed by atoms with E-state index >= 15 is 0 Å². The number of hydrazone groups is 1. The summed E-state index contributed by atoms with van der Waals surface area (Å²) in [6, 6.07) is 0.209. The molecule has 0 aromatic carbocycles. The number of hydrogen-bond donors (Lipinski definition) is 2. The number of amides is 2. The van der Waals surface area contributed by atoms with Gasteiger partial charge in [-0.1, -0.05) is 38.5 Å². The molecular formula is C15H27N3O. The van der Waals surface area contributed by atoms with Gasteiger partial charge in [0.25, 0.3) is 0 Å². The van der Waals surface area contributed by atoms with Gasteiger partial charge in [-0.25, -0.2) is 10.2 Å². The van der Waals surface area contributed by atoms with Crippen LogP contribution in [0.25, 0.3) is 0 Å². The third-order valence-electron chi connectivity index (χ3n) is 4.47. The number of rotatable bonds is 3. The normalized spacial score (nSPS) is 23.1. The van der Waals surface area contributed by atoms with Crippen LogP contribution in [-0.2, 0) is 0 Å². The van der Waals surface area contributed by atoms with Crippen LogP contribution in [0, 0.1) is 5.92 Å². The second-order valence-corrected chi connectivity index (χ2v) is 6.01. The Morgan fingerprint density at radius 1 is 0.947 bits per heavy atom. The van der Waals surface area contributed by atoms with Gasteiger partial charge in [0, 0.05) is 11.8 Å². The molecule has 0 saturated heterocycles. The Kier molecular flexibility index (Phi) is 5.67. The fourth-order valence-corrected chi connectivity index (χ4v) is 3.22. The van der Waals surface area contributed by atoms with E-state index in [9.17, 15) is 4.79 Å². The van der Waals surface area contributed by atoms with Crippen molar-refractivity contribution in [1.82, 2.24) is 10.7 Å². The molecule has 0 bridgehead atoms. The lowest BCUT2D eigenvalue weighted by atomic mass is 9.86. The molecule has 0 aromatic rings. The van der Waals surface area contributed by atoms with Gasteiger partial charge in [0.1, 0.15) is 0 Å². The summed E-state index contributed by atoms with van der Waals surface area (Å²) in [6.45, 7) is 2.04. The van der Waals surface area contributed by atoms with E-state index in [0.29, 0.717) is 12.0 Å². The van der Waals surface area contributed by atoms with Crippen molar-refractivity contribution in [2.24, 2.45) is 11.0 Å². The van der Waals surface area contributed by atoms with Gasteiger partial charge in [-0.2, -0.15) is 5.10 Å². The Labute approximate surface area is 116 Å². The summed E-state index contributed by atoms with van der Waals surface area (Å²) in [7, 11) is 0. The summed E-state index contributed by atoms with van der Waals surface area (Å²) < 4.78 is 0. The third kappa shape index (κ3) is 4.84. The van der Waals surface area contributed by atoms with E-state index in [-0.39, 0.29) is 6.03 Å². The van der Waals surface area contributed by atoms with Gasteiger partial charge in [-0.3, -0.25) is 0 Å². The summed E-state index contributed by atoms with van der Waals surface area (Å²) in [5.41, 5.74) is 3.75. The molecule has 4 heteroatoms. The van der Waals surface area contributed by atoms with Crippen LogP contribution in [0.2, 0.25) is 0 Å². The van der Waals surface area contributed by atoms with Gasteiger partial charge < -0.3 is 5.32 Å². The lowest BCUT2D eigenvalue weighted by Crippen LogP contribution is -2.41. The van der Waals surface area contributed by atoms with Crippen LogP contribution in [0.1, 0.15) is 71.1 Å². The predicted molar refractivity (Wildman–Crippen MR) is 78.2 cm³/mol. The molecule has 2 amide bonds. The van der Waals surface area contributed by atoms with E-state index in [1.807, 2.05) is 6.92 Å². The van der Waals surface area contributed by atoms with Crippen LogP contribution in [0.3, 0.4) is 0 Å². The largest absolute Gasteiger partial charge is 0.335 e. The van der Waals surface area contributed by atoms with Crippen molar-refractivity contribution < 1.29 is 4.79 Å². The monoisotopic (exact) mass is 265 g/mol. The Bertz CT molecular complexity index is 315. The Morgan fingerprint density at radius 2 is 1.53 bits per heavy atom. The minimum Gasteiger partial charge on any atom is -0.334 e.